The number of hydrogen-bond acceptors (Lipinski definition) is 2. The van der Waals surface area contributed by atoms with E-state index < -0.39 is 0 Å². The third kappa shape index (κ3) is 4.28. The first-order chi connectivity index (χ1) is 26.3. The highest BCUT2D eigenvalue weighted by Crippen LogP contribution is 2.54. The summed E-state index contributed by atoms with van der Waals surface area (Å²) >= 11 is 0. The van der Waals surface area contributed by atoms with Crippen LogP contribution in [0.25, 0.3) is 66.1 Å². The lowest BCUT2D eigenvalue weighted by molar-refractivity contribution is 0.660. The highest BCUT2D eigenvalue weighted by Gasteiger charge is 2.38. The molecule has 1 aromatic heterocycles. The summed E-state index contributed by atoms with van der Waals surface area (Å²) in [6, 6.07) is 60.5. The summed E-state index contributed by atoms with van der Waals surface area (Å²) in [5.41, 5.74) is 18.0. The molecule has 0 bridgehead atoms. The third-order valence-corrected chi connectivity index (χ3v) is 12.5. The summed E-state index contributed by atoms with van der Waals surface area (Å²) in [4.78, 5) is 2.50. The van der Waals surface area contributed by atoms with Crippen LogP contribution in [0.15, 0.2) is 168 Å². The summed E-state index contributed by atoms with van der Waals surface area (Å²) in [6.45, 7) is 9.46. The van der Waals surface area contributed by atoms with Gasteiger partial charge in [0.2, 0.25) is 0 Å². The van der Waals surface area contributed by atoms with E-state index in [9.17, 15) is 0 Å². The summed E-state index contributed by atoms with van der Waals surface area (Å²) in [5, 5.41) is 4.69. The summed E-state index contributed by atoms with van der Waals surface area (Å²) in [5.74, 6) is 0. The molecule has 0 unspecified atom stereocenters. The Bertz CT molecular complexity index is 2910. The monoisotopic (exact) mass is 693 g/mol. The van der Waals surface area contributed by atoms with Crippen LogP contribution in [0, 0.1) is 0 Å². The molecule has 0 saturated carbocycles. The van der Waals surface area contributed by atoms with Gasteiger partial charge >= 0.3 is 0 Å². The third-order valence-electron chi connectivity index (χ3n) is 12.5. The fourth-order valence-electron chi connectivity index (χ4n) is 9.72. The molecule has 0 aliphatic heterocycles. The Morgan fingerprint density at radius 1 is 0.426 bits per heavy atom. The molecule has 0 amide bonds. The molecule has 54 heavy (non-hydrogen) atoms. The van der Waals surface area contributed by atoms with Gasteiger partial charge in [0, 0.05) is 38.5 Å². The number of para-hydroxylation sites is 1. The second-order valence-corrected chi connectivity index (χ2v) is 16.1. The summed E-state index contributed by atoms with van der Waals surface area (Å²) in [7, 11) is 0. The Kier molecular flexibility index (Phi) is 6.39. The molecule has 2 nitrogen and oxygen atoms in total. The largest absolute Gasteiger partial charge is 0.456 e. The zero-order chi connectivity index (χ0) is 36.3. The van der Waals surface area contributed by atoms with Crippen molar-refractivity contribution in [1.82, 2.24) is 0 Å². The molecule has 2 heteroatoms. The molecule has 0 radical (unpaired) electrons. The van der Waals surface area contributed by atoms with Crippen LogP contribution in [-0.4, -0.2) is 0 Å². The predicted molar refractivity (Wildman–Crippen MR) is 226 cm³/mol. The van der Waals surface area contributed by atoms with Gasteiger partial charge in [0.25, 0.3) is 0 Å². The Balaban J connectivity index is 1.23. The van der Waals surface area contributed by atoms with Crippen LogP contribution in [0.4, 0.5) is 17.1 Å². The van der Waals surface area contributed by atoms with Crippen LogP contribution in [0.5, 0.6) is 0 Å². The molecule has 0 spiro atoms. The van der Waals surface area contributed by atoms with Crippen LogP contribution < -0.4 is 4.90 Å². The number of furan rings is 1. The quantitative estimate of drug-likeness (QED) is 0.182. The van der Waals surface area contributed by atoms with E-state index in [1.165, 1.54) is 55.3 Å². The number of rotatable bonds is 4. The first-order valence-corrected chi connectivity index (χ1v) is 19.0. The van der Waals surface area contributed by atoms with E-state index in [2.05, 4.69) is 196 Å². The number of anilines is 3. The number of nitrogens with zero attached hydrogens (tertiary/aromatic N) is 1. The average Bonchev–Trinajstić information content (AvgIpc) is 3.77. The Morgan fingerprint density at radius 3 is 1.65 bits per heavy atom. The Hall–Kier alpha value is -6.38. The zero-order valence-corrected chi connectivity index (χ0v) is 30.9. The van der Waals surface area contributed by atoms with Gasteiger partial charge in [-0.3, -0.25) is 0 Å². The summed E-state index contributed by atoms with van der Waals surface area (Å²) < 4.78 is 6.58. The molecule has 1 heterocycles. The van der Waals surface area contributed by atoms with E-state index >= 15 is 0 Å². The molecule has 11 rings (SSSR count). The number of benzene rings is 8. The van der Waals surface area contributed by atoms with Gasteiger partial charge in [-0.1, -0.05) is 143 Å². The minimum Gasteiger partial charge on any atom is -0.456 e. The van der Waals surface area contributed by atoms with Crippen LogP contribution in [0.1, 0.15) is 49.9 Å². The molecule has 258 valence electrons. The van der Waals surface area contributed by atoms with Crippen molar-refractivity contribution < 1.29 is 4.42 Å². The molecule has 0 atom stereocenters. The molecule has 9 aromatic rings. The lowest BCUT2D eigenvalue weighted by Gasteiger charge is -2.31. The highest BCUT2D eigenvalue weighted by atomic mass is 16.3. The van der Waals surface area contributed by atoms with Gasteiger partial charge in [-0.25, -0.2) is 0 Å². The van der Waals surface area contributed by atoms with Crippen molar-refractivity contribution in [3.63, 3.8) is 0 Å². The van der Waals surface area contributed by atoms with Crippen LogP contribution in [-0.2, 0) is 10.8 Å². The maximum absolute atomic E-state index is 6.58. The van der Waals surface area contributed by atoms with Gasteiger partial charge in [0.1, 0.15) is 11.2 Å². The molecule has 2 aliphatic carbocycles. The minimum atomic E-state index is -0.138. The van der Waals surface area contributed by atoms with Crippen molar-refractivity contribution in [3.8, 4) is 33.4 Å². The first-order valence-electron chi connectivity index (χ1n) is 19.0. The van der Waals surface area contributed by atoms with Gasteiger partial charge in [-0.15, -0.1) is 0 Å². The smallest absolute Gasteiger partial charge is 0.136 e. The molecule has 0 N–H and O–H groups in total. The van der Waals surface area contributed by atoms with E-state index in [1.54, 1.807) is 0 Å². The second-order valence-electron chi connectivity index (χ2n) is 16.1. The minimum absolute atomic E-state index is 0.138. The van der Waals surface area contributed by atoms with Crippen molar-refractivity contribution in [2.24, 2.45) is 0 Å². The van der Waals surface area contributed by atoms with Crippen molar-refractivity contribution in [2.75, 3.05) is 4.90 Å². The zero-order valence-electron chi connectivity index (χ0n) is 30.9. The molecular weight excluding hydrogens is 655 g/mol. The summed E-state index contributed by atoms with van der Waals surface area (Å²) in [6.07, 6.45) is 0. The Labute approximate surface area is 315 Å². The molecule has 8 aromatic carbocycles. The van der Waals surface area contributed by atoms with Gasteiger partial charge < -0.3 is 9.32 Å². The van der Waals surface area contributed by atoms with Crippen molar-refractivity contribution >= 4 is 49.8 Å². The second kappa shape index (κ2) is 11.1. The fraction of sp³-hybridized carbons (Fsp3) is 0.115. The highest BCUT2D eigenvalue weighted by molar-refractivity contribution is 6.17. The molecule has 0 fully saturated rings. The van der Waals surface area contributed by atoms with E-state index in [0.29, 0.717) is 0 Å². The average molecular weight is 694 g/mol. The number of fused-ring (bicyclic) bond motifs is 10. The maximum atomic E-state index is 6.58. The van der Waals surface area contributed by atoms with Crippen LogP contribution in [0.2, 0.25) is 0 Å². The molecule has 0 saturated heterocycles. The van der Waals surface area contributed by atoms with Gasteiger partial charge in [-0.2, -0.15) is 0 Å². The Morgan fingerprint density at radius 2 is 0.981 bits per heavy atom. The van der Waals surface area contributed by atoms with Crippen LogP contribution >= 0.6 is 0 Å². The van der Waals surface area contributed by atoms with Crippen molar-refractivity contribution in [1.29, 1.82) is 0 Å². The molecule has 2 aliphatic rings. The van der Waals surface area contributed by atoms with E-state index in [4.69, 9.17) is 4.42 Å². The maximum Gasteiger partial charge on any atom is 0.136 e. The normalized spacial score (nSPS) is 14.6. The van der Waals surface area contributed by atoms with Gasteiger partial charge in [0.05, 0.1) is 5.69 Å². The first kappa shape index (κ1) is 31.2. The predicted octanol–water partition coefficient (Wildman–Crippen LogP) is 14.5. The van der Waals surface area contributed by atoms with Crippen LogP contribution in [0.3, 0.4) is 0 Å². The fourth-order valence-corrected chi connectivity index (χ4v) is 9.72. The SMILES string of the molecule is CC1(C)c2ccccc2-c2ccc(N(c3ccc4c(c3)C(C)(C)c3ccccc3-4)c3ccc4oc5ccccc5c4c3-c3ccc4ccccc4c3)cc21. The lowest BCUT2D eigenvalue weighted by atomic mass is 9.82. The van der Waals surface area contributed by atoms with Crippen molar-refractivity contribution in [3.05, 3.63) is 186 Å². The lowest BCUT2D eigenvalue weighted by Crippen LogP contribution is -2.18. The number of hydrogen-bond donors (Lipinski definition) is 0. The van der Waals surface area contributed by atoms with Gasteiger partial charge in [-0.05, 0) is 109 Å². The van der Waals surface area contributed by atoms with E-state index in [1.807, 2.05) is 0 Å². The molecular formula is C52H39NO. The topological polar surface area (TPSA) is 16.4 Å². The van der Waals surface area contributed by atoms with Gasteiger partial charge in [0.15, 0.2) is 0 Å². The van der Waals surface area contributed by atoms with Crippen molar-refractivity contribution in [2.45, 2.75) is 38.5 Å². The van der Waals surface area contributed by atoms with E-state index in [-0.39, 0.29) is 10.8 Å². The standard InChI is InChI=1S/C52H39NO/c1-51(2)42-18-10-7-15-37(42)39-25-23-35(30-44(39)51)53(36-24-26-40-38-16-8-11-19-43(38)52(3,4)45(40)31-36)46-27-28-48-50(41-17-9-12-20-47(41)54-48)49(46)34-22-21-32-13-5-6-14-33(32)29-34/h5-31H,1-4H3. The van der Waals surface area contributed by atoms with E-state index in [0.717, 1.165) is 50.1 Å².